The predicted octanol–water partition coefficient (Wildman–Crippen LogP) is 0.815. The van der Waals surface area contributed by atoms with E-state index in [4.69, 9.17) is 9.47 Å². The minimum Gasteiger partial charge on any atom is -0.477 e. The number of ether oxygens (including phenoxy) is 2. The molecule has 0 spiro atoms. The molecule has 5 nitrogen and oxygen atoms in total. The van der Waals surface area contributed by atoms with Crippen molar-refractivity contribution in [1.29, 1.82) is 0 Å². The zero-order valence-electron chi connectivity index (χ0n) is 9.72. The monoisotopic (exact) mass is 226 g/mol. The van der Waals surface area contributed by atoms with Crippen molar-refractivity contribution in [2.24, 2.45) is 0 Å². The summed E-state index contributed by atoms with van der Waals surface area (Å²) in [4.78, 5) is 8.24. The number of methoxy groups -OCH3 is 1. The second-order valence-electron chi connectivity index (χ2n) is 3.51. The van der Waals surface area contributed by atoms with Crippen LogP contribution in [-0.2, 0) is 11.2 Å². The van der Waals surface area contributed by atoms with Gasteiger partial charge in [-0.2, -0.15) is 0 Å². The summed E-state index contributed by atoms with van der Waals surface area (Å²) in [5.41, 5.74) is 0.707. The first kappa shape index (κ1) is 12.9. The molecule has 0 radical (unpaired) electrons. The number of rotatable bonds is 7. The molecule has 1 aromatic heterocycles. The van der Waals surface area contributed by atoms with Gasteiger partial charge in [-0.25, -0.2) is 4.98 Å². The molecule has 0 aliphatic heterocycles. The highest BCUT2D eigenvalue weighted by atomic mass is 16.5. The van der Waals surface area contributed by atoms with Crippen molar-refractivity contribution in [2.45, 2.75) is 25.9 Å². The summed E-state index contributed by atoms with van der Waals surface area (Å²) in [5.74, 6) is 0.504. The molecule has 0 saturated carbocycles. The Morgan fingerprint density at radius 1 is 1.44 bits per heavy atom. The largest absolute Gasteiger partial charge is 0.477 e. The van der Waals surface area contributed by atoms with Crippen LogP contribution in [0.1, 0.15) is 19.0 Å². The smallest absolute Gasteiger partial charge is 0.232 e. The number of nitrogens with zero attached hydrogens (tertiary/aromatic N) is 2. The van der Waals surface area contributed by atoms with E-state index in [0.717, 1.165) is 6.42 Å². The molecule has 5 heteroatoms. The van der Waals surface area contributed by atoms with E-state index in [9.17, 15) is 5.11 Å². The topological polar surface area (TPSA) is 64.5 Å². The highest BCUT2D eigenvalue weighted by Gasteiger charge is 2.07. The number of hydrogen-bond donors (Lipinski definition) is 1. The molecule has 0 aromatic carbocycles. The van der Waals surface area contributed by atoms with Gasteiger partial charge in [0.05, 0.1) is 31.2 Å². The van der Waals surface area contributed by atoms with E-state index in [1.165, 1.54) is 0 Å². The van der Waals surface area contributed by atoms with Crippen molar-refractivity contribution < 1.29 is 14.6 Å². The fourth-order valence-electron chi connectivity index (χ4n) is 1.25. The first-order valence-electron chi connectivity index (χ1n) is 5.37. The van der Waals surface area contributed by atoms with E-state index < -0.39 is 6.10 Å². The Bertz CT molecular complexity index is 307. The third-order valence-electron chi connectivity index (χ3n) is 1.92. The number of aliphatic hydroxyl groups excluding tert-OH is 1. The Morgan fingerprint density at radius 2 is 2.25 bits per heavy atom. The fourth-order valence-corrected chi connectivity index (χ4v) is 1.25. The van der Waals surface area contributed by atoms with Crippen LogP contribution in [0.25, 0.3) is 0 Å². The Labute approximate surface area is 95.4 Å². The van der Waals surface area contributed by atoms with Crippen molar-refractivity contribution in [1.82, 2.24) is 9.97 Å². The summed E-state index contributed by atoms with van der Waals surface area (Å²) < 4.78 is 10.2. The van der Waals surface area contributed by atoms with E-state index in [2.05, 4.69) is 9.97 Å². The molecule has 0 aliphatic rings. The molecule has 1 atom stereocenters. The standard InChI is InChI=1S/C11H18N2O3/c1-3-4-16-11-7-12-6-9(13-11)5-10(14)8-15-2/h6-7,10,14H,3-5,8H2,1-2H3. The molecule has 1 unspecified atom stereocenters. The van der Waals surface area contributed by atoms with Crippen molar-refractivity contribution in [3.63, 3.8) is 0 Å². The minimum atomic E-state index is -0.555. The van der Waals surface area contributed by atoms with Crippen molar-refractivity contribution in [3.05, 3.63) is 18.1 Å². The molecule has 1 aromatic rings. The molecule has 0 saturated heterocycles. The molecular weight excluding hydrogens is 208 g/mol. The van der Waals surface area contributed by atoms with Gasteiger partial charge in [0.25, 0.3) is 0 Å². The van der Waals surface area contributed by atoms with Crippen LogP contribution in [0.5, 0.6) is 5.88 Å². The van der Waals surface area contributed by atoms with Crippen LogP contribution in [0.3, 0.4) is 0 Å². The van der Waals surface area contributed by atoms with Crippen LogP contribution >= 0.6 is 0 Å². The molecule has 1 rings (SSSR count). The normalized spacial score (nSPS) is 12.4. The Morgan fingerprint density at radius 3 is 2.94 bits per heavy atom. The van der Waals surface area contributed by atoms with Gasteiger partial charge >= 0.3 is 0 Å². The lowest BCUT2D eigenvalue weighted by molar-refractivity contribution is 0.0643. The lowest BCUT2D eigenvalue weighted by Crippen LogP contribution is -2.18. The SMILES string of the molecule is CCCOc1cncc(CC(O)COC)n1. The van der Waals surface area contributed by atoms with Crippen LogP contribution in [0.15, 0.2) is 12.4 Å². The van der Waals surface area contributed by atoms with Gasteiger partial charge in [-0.05, 0) is 6.42 Å². The first-order valence-corrected chi connectivity index (χ1v) is 5.37. The Balaban J connectivity index is 2.52. The lowest BCUT2D eigenvalue weighted by Gasteiger charge is -2.09. The second-order valence-corrected chi connectivity index (χ2v) is 3.51. The van der Waals surface area contributed by atoms with Crippen molar-refractivity contribution in [3.8, 4) is 5.88 Å². The highest BCUT2D eigenvalue weighted by Crippen LogP contribution is 2.07. The summed E-state index contributed by atoms with van der Waals surface area (Å²) >= 11 is 0. The number of aromatic nitrogens is 2. The van der Waals surface area contributed by atoms with Gasteiger partial charge in [0.1, 0.15) is 0 Å². The summed E-state index contributed by atoms with van der Waals surface area (Å²) in [6, 6.07) is 0. The third-order valence-corrected chi connectivity index (χ3v) is 1.92. The van der Waals surface area contributed by atoms with E-state index in [0.29, 0.717) is 31.2 Å². The summed E-state index contributed by atoms with van der Waals surface area (Å²) in [5, 5.41) is 9.54. The molecular formula is C11H18N2O3. The maximum absolute atomic E-state index is 9.54. The summed E-state index contributed by atoms with van der Waals surface area (Å²) in [7, 11) is 1.55. The van der Waals surface area contributed by atoms with Gasteiger partial charge in [0.15, 0.2) is 0 Å². The maximum atomic E-state index is 9.54. The first-order chi connectivity index (χ1) is 7.76. The molecule has 90 valence electrons. The zero-order chi connectivity index (χ0) is 11.8. The van der Waals surface area contributed by atoms with Gasteiger partial charge in [0, 0.05) is 19.7 Å². The second kappa shape index (κ2) is 7.14. The average molecular weight is 226 g/mol. The summed E-state index contributed by atoms with van der Waals surface area (Å²) in [6.45, 7) is 2.94. The molecule has 0 aliphatic carbocycles. The van der Waals surface area contributed by atoms with Crippen LogP contribution in [0.2, 0.25) is 0 Å². The average Bonchev–Trinajstić information content (AvgIpc) is 2.27. The molecule has 1 N–H and O–H groups in total. The predicted molar refractivity (Wildman–Crippen MR) is 59.4 cm³/mol. The molecule has 0 amide bonds. The molecule has 16 heavy (non-hydrogen) atoms. The number of aliphatic hydroxyl groups is 1. The number of hydrogen-bond acceptors (Lipinski definition) is 5. The quantitative estimate of drug-likeness (QED) is 0.745. The van der Waals surface area contributed by atoms with Gasteiger partial charge in [-0.1, -0.05) is 6.92 Å². The summed E-state index contributed by atoms with van der Waals surface area (Å²) in [6.07, 6.45) is 3.99. The Hall–Kier alpha value is -1.20. The minimum absolute atomic E-state index is 0.293. The van der Waals surface area contributed by atoms with Gasteiger partial charge in [0.2, 0.25) is 5.88 Å². The van der Waals surface area contributed by atoms with Crippen LogP contribution in [0, 0.1) is 0 Å². The van der Waals surface area contributed by atoms with E-state index in [-0.39, 0.29) is 0 Å². The van der Waals surface area contributed by atoms with Gasteiger partial charge in [-0.15, -0.1) is 0 Å². The van der Waals surface area contributed by atoms with Gasteiger partial charge in [-0.3, -0.25) is 4.98 Å². The van der Waals surface area contributed by atoms with E-state index in [1.807, 2.05) is 6.92 Å². The van der Waals surface area contributed by atoms with Crippen LogP contribution in [0.4, 0.5) is 0 Å². The molecule has 1 heterocycles. The van der Waals surface area contributed by atoms with E-state index >= 15 is 0 Å². The maximum Gasteiger partial charge on any atom is 0.232 e. The highest BCUT2D eigenvalue weighted by molar-refractivity contribution is 5.09. The Kier molecular flexibility index (Phi) is 5.74. The van der Waals surface area contributed by atoms with E-state index in [1.54, 1.807) is 19.5 Å². The van der Waals surface area contributed by atoms with Crippen LogP contribution < -0.4 is 4.74 Å². The third kappa shape index (κ3) is 4.55. The zero-order valence-corrected chi connectivity index (χ0v) is 9.72. The van der Waals surface area contributed by atoms with Gasteiger partial charge < -0.3 is 14.6 Å². The van der Waals surface area contributed by atoms with Crippen LogP contribution in [-0.4, -0.2) is 41.5 Å². The molecule has 0 fully saturated rings. The fraction of sp³-hybridized carbons (Fsp3) is 0.636. The van der Waals surface area contributed by atoms with Crippen molar-refractivity contribution >= 4 is 0 Å². The molecule has 0 bridgehead atoms. The lowest BCUT2D eigenvalue weighted by atomic mass is 10.2. The van der Waals surface area contributed by atoms with Crippen molar-refractivity contribution in [2.75, 3.05) is 20.3 Å².